The van der Waals surface area contributed by atoms with Crippen LogP contribution in [-0.4, -0.2) is 147 Å². The number of nitrogens with one attached hydrogen (secondary N) is 9. The number of nitrogens with two attached hydrogens (primary N) is 1. The molecule has 0 aliphatic heterocycles. The van der Waals surface area contributed by atoms with Gasteiger partial charge in [0.25, 0.3) is 5.91 Å². The van der Waals surface area contributed by atoms with Crippen molar-refractivity contribution in [3.05, 3.63) is 94.0 Å². The minimum Gasteiger partial charge on any atom is -0.508 e. The van der Waals surface area contributed by atoms with E-state index in [1.165, 1.54) is 36.4 Å². The Balaban J connectivity index is 1.92. The van der Waals surface area contributed by atoms with Crippen molar-refractivity contribution in [2.45, 2.75) is 139 Å². The van der Waals surface area contributed by atoms with Crippen LogP contribution < -0.4 is 53.6 Å². The molecule has 0 aliphatic carbocycles. The standard InChI is InChI=1S/C57H76Cl2N10O15S/c1-30(2)25-40(67-56(82)48(32(5)6)69-45(73)28-62-51(77)34-13-8-7-9-14-34)55(81)64-38(17-10-11-24-61-43(71)27-42(57(83)84)85-49-36(58)15-12-16-37(49)59)53(79)65-39(22-23-46(74)75)54(80)66-41(26-33-18-20-35(70)21-19-33)52(78)63-29-44(72)68-47(31(3)4)50(60)76/h7-9,12-16,18-21,30-32,38-42,47-48,70H,10-11,17,22-29H2,1-6H3,(H2,60,76)(H,61,71)(H,62,77)(H,63,78)(H,64,81)(H,65,79)(H,66,80)(H,67,82)(H,68,72)(H,69,73)(H,74,75)(H,83,84)/t38-,39-,40-,41-,42-,47-,48-/m0/s1. The summed E-state index contributed by atoms with van der Waals surface area (Å²) in [6.07, 6.45) is -1.99. The van der Waals surface area contributed by atoms with E-state index in [9.17, 15) is 72.9 Å². The summed E-state index contributed by atoms with van der Waals surface area (Å²) >= 11 is 13.3. The number of primary amides is 1. The van der Waals surface area contributed by atoms with Crippen molar-refractivity contribution >= 4 is 106 Å². The fourth-order valence-corrected chi connectivity index (χ4v) is 9.86. The van der Waals surface area contributed by atoms with Gasteiger partial charge in [-0.05, 0) is 91.8 Å². The number of amides is 10. The molecule has 0 aliphatic rings. The van der Waals surface area contributed by atoms with Crippen molar-refractivity contribution in [1.82, 2.24) is 47.9 Å². The lowest BCUT2D eigenvalue weighted by Gasteiger charge is -2.28. The number of carbonyl (C=O) groups is 12. The molecule has 0 saturated carbocycles. The number of phenols is 1. The van der Waals surface area contributed by atoms with Crippen LogP contribution in [0.1, 0.15) is 102 Å². The summed E-state index contributed by atoms with van der Waals surface area (Å²) in [5.41, 5.74) is 6.13. The first-order chi connectivity index (χ1) is 40.1. The highest BCUT2D eigenvalue weighted by Gasteiger charge is 2.35. The fraction of sp³-hybridized carbons (Fsp3) is 0.474. The fourth-order valence-electron chi connectivity index (χ4n) is 8.22. The minimum absolute atomic E-state index is 0.00137. The largest absolute Gasteiger partial charge is 0.508 e. The number of aromatic hydroxyl groups is 1. The minimum atomic E-state index is -1.71. The van der Waals surface area contributed by atoms with Gasteiger partial charge in [0.1, 0.15) is 47.3 Å². The van der Waals surface area contributed by atoms with Gasteiger partial charge in [0.15, 0.2) is 0 Å². The summed E-state index contributed by atoms with van der Waals surface area (Å²) in [5.74, 6) is -12.2. The summed E-state index contributed by atoms with van der Waals surface area (Å²) in [6, 6.07) is 9.84. The zero-order chi connectivity index (χ0) is 63.5. The second-order valence-corrected chi connectivity index (χ2v) is 23.0. The Kier molecular flexibility index (Phi) is 30.2. The molecule has 0 saturated heterocycles. The average molecular weight is 1240 g/mol. The van der Waals surface area contributed by atoms with Gasteiger partial charge in [0, 0.05) is 36.3 Å². The van der Waals surface area contributed by atoms with Gasteiger partial charge in [0.2, 0.25) is 53.2 Å². The summed E-state index contributed by atoms with van der Waals surface area (Å²) in [5, 5.41) is 51.5. The lowest BCUT2D eigenvalue weighted by Crippen LogP contribution is -2.60. The van der Waals surface area contributed by atoms with Crippen LogP contribution in [0.25, 0.3) is 0 Å². The van der Waals surface area contributed by atoms with Crippen LogP contribution in [0.4, 0.5) is 0 Å². The van der Waals surface area contributed by atoms with Crippen molar-refractivity contribution in [2.24, 2.45) is 23.5 Å². The molecular weight excluding hydrogens is 1170 g/mol. The molecule has 14 N–H and O–H groups in total. The van der Waals surface area contributed by atoms with Gasteiger partial charge in [0.05, 0.1) is 23.1 Å². The highest BCUT2D eigenvalue weighted by molar-refractivity contribution is 8.00. The molecule has 0 spiro atoms. The Hall–Kier alpha value is -7.97. The lowest BCUT2D eigenvalue weighted by atomic mass is 9.99. The molecule has 28 heteroatoms. The molecule has 0 unspecified atom stereocenters. The molecule has 0 aromatic heterocycles. The van der Waals surface area contributed by atoms with Crippen molar-refractivity contribution in [2.75, 3.05) is 19.6 Å². The Labute approximate surface area is 506 Å². The monoisotopic (exact) mass is 1240 g/mol. The van der Waals surface area contributed by atoms with Crippen LogP contribution in [0.5, 0.6) is 5.75 Å². The van der Waals surface area contributed by atoms with Crippen molar-refractivity contribution in [3.63, 3.8) is 0 Å². The highest BCUT2D eigenvalue weighted by Crippen LogP contribution is 2.37. The number of thioether (sulfide) groups is 1. The van der Waals surface area contributed by atoms with Gasteiger partial charge in [-0.25, -0.2) is 0 Å². The zero-order valence-corrected chi connectivity index (χ0v) is 50.3. The van der Waals surface area contributed by atoms with Crippen LogP contribution >= 0.6 is 35.0 Å². The number of rotatable bonds is 36. The van der Waals surface area contributed by atoms with Crippen LogP contribution in [0.2, 0.25) is 10.0 Å². The Bertz CT molecular complexity index is 2810. The molecule has 464 valence electrons. The van der Waals surface area contributed by atoms with Crippen molar-refractivity contribution in [1.29, 1.82) is 0 Å². The number of carboxylic acid groups (broad SMARTS) is 2. The van der Waals surface area contributed by atoms with E-state index in [1.54, 1.807) is 77.9 Å². The van der Waals surface area contributed by atoms with Gasteiger partial charge < -0.3 is 68.9 Å². The Morgan fingerprint density at radius 2 is 1.08 bits per heavy atom. The zero-order valence-electron chi connectivity index (χ0n) is 48.0. The number of halogens is 2. The van der Waals surface area contributed by atoms with Crippen molar-refractivity contribution < 1.29 is 72.9 Å². The third kappa shape index (κ3) is 25.8. The molecule has 3 rings (SSSR count). The first kappa shape index (κ1) is 71.3. The van der Waals surface area contributed by atoms with Crippen LogP contribution in [0.3, 0.4) is 0 Å². The first-order valence-corrected chi connectivity index (χ1v) is 29.0. The number of hydrogen-bond donors (Lipinski definition) is 13. The third-order valence-electron chi connectivity index (χ3n) is 12.8. The number of carboxylic acids is 2. The maximum atomic E-state index is 14.5. The van der Waals surface area contributed by atoms with E-state index in [4.69, 9.17) is 28.9 Å². The van der Waals surface area contributed by atoms with Gasteiger partial charge >= 0.3 is 11.9 Å². The SMILES string of the molecule is CC(C)C[C@H](NC(=O)[C@@H](NC(=O)CNC(=O)c1ccccc1)C(C)C)C(=O)N[C@@H](CCCCNC(=O)C[C@H](Sc1c(Cl)cccc1Cl)C(=O)O)C(=O)N[C@@H](CCC(=O)O)C(=O)N[C@@H](Cc1ccc(O)cc1)C(=O)NCC(=O)N[C@H](C(N)=O)C(C)C. The third-order valence-corrected chi connectivity index (χ3v) is 14.9. The lowest BCUT2D eigenvalue weighted by molar-refractivity contribution is -0.139. The molecule has 3 aromatic rings. The van der Waals surface area contributed by atoms with E-state index < -0.39 is 157 Å². The Morgan fingerprint density at radius 1 is 0.553 bits per heavy atom. The molecule has 0 radical (unpaired) electrons. The van der Waals surface area contributed by atoms with Crippen LogP contribution in [-0.2, 0) is 59.2 Å². The van der Waals surface area contributed by atoms with Gasteiger partial charge in [-0.3, -0.25) is 57.5 Å². The number of phenolic OH excluding ortho intramolecular Hbond substituents is 1. The number of hydrogen-bond acceptors (Lipinski definition) is 14. The summed E-state index contributed by atoms with van der Waals surface area (Å²) in [4.78, 5) is 159. The molecule has 0 bridgehead atoms. The summed E-state index contributed by atoms with van der Waals surface area (Å²) in [6.45, 7) is 8.85. The molecule has 0 heterocycles. The van der Waals surface area contributed by atoms with Crippen molar-refractivity contribution in [3.8, 4) is 5.75 Å². The van der Waals surface area contributed by atoms with Gasteiger partial charge in [-0.2, -0.15) is 0 Å². The van der Waals surface area contributed by atoms with E-state index in [2.05, 4.69) is 47.9 Å². The predicted octanol–water partition coefficient (Wildman–Crippen LogP) is 2.33. The summed E-state index contributed by atoms with van der Waals surface area (Å²) < 4.78 is 0. The first-order valence-electron chi connectivity index (χ1n) is 27.4. The van der Waals surface area contributed by atoms with Gasteiger partial charge in [-0.1, -0.05) is 101 Å². The maximum Gasteiger partial charge on any atom is 0.317 e. The predicted molar refractivity (Wildman–Crippen MR) is 316 cm³/mol. The molecule has 0 fully saturated rings. The molecule has 7 atom stereocenters. The van der Waals surface area contributed by atoms with E-state index in [-0.39, 0.29) is 65.3 Å². The average Bonchev–Trinajstić information content (AvgIpc) is 3.55. The smallest absolute Gasteiger partial charge is 0.317 e. The topological polar surface area (TPSA) is 400 Å². The highest BCUT2D eigenvalue weighted by atomic mass is 35.5. The van der Waals surface area contributed by atoms with E-state index in [0.717, 1.165) is 11.8 Å². The van der Waals surface area contributed by atoms with Crippen LogP contribution in [0.15, 0.2) is 77.7 Å². The molecule has 10 amide bonds. The molecule has 25 nitrogen and oxygen atoms in total. The quantitative estimate of drug-likeness (QED) is 0.0293. The molecular formula is C57H76Cl2N10O15S. The number of benzene rings is 3. The van der Waals surface area contributed by atoms with Gasteiger partial charge in [-0.15, -0.1) is 11.8 Å². The van der Waals surface area contributed by atoms with E-state index in [0.29, 0.717) is 11.1 Å². The second kappa shape index (κ2) is 36.0. The Morgan fingerprint density at radius 3 is 1.62 bits per heavy atom. The maximum absolute atomic E-state index is 14.5. The second-order valence-electron chi connectivity index (χ2n) is 21.0. The molecule has 3 aromatic carbocycles. The molecule has 85 heavy (non-hydrogen) atoms. The van der Waals surface area contributed by atoms with Crippen LogP contribution in [0, 0.1) is 17.8 Å². The summed E-state index contributed by atoms with van der Waals surface area (Å²) in [7, 11) is 0. The number of aliphatic carboxylic acids is 2. The normalized spacial score (nSPS) is 13.5. The number of carbonyl (C=O) groups excluding carboxylic acids is 10. The van der Waals surface area contributed by atoms with E-state index >= 15 is 0 Å². The van der Waals surface area contributed by atoms with E-state index in [1.807, 2.05) is 0 Å². The number of unbranched alkanes of at least 4 members (excludes halogenated alkanes) is 1.